The second kappa shape index (κ2) is 6.60. The smallest absolute Gasteiger partial charge is 0.0579 e. The van der Waals surface area contributed by atoms with Crippen LogP contribution in [0.15, 0.2) is 17.5 Å². The predicted octanol–water partition coefficient (Wildman–Crippen LogP) is 5.06. The number of likely N-dealkylation sites (tertiary alicyclic amines) is 1. The van der Waals surface area contributed by atoms with E-state index in [2.05, 4.69) is 29.3 Å². The van der Waals surface area contributed by atoms with E-state index in [-0.39, 0.29) is 12.4 Å². The van der Waals surface area contributed by atoms with Crippen LogP contribution < -0.4 is 0 Å². The molecule has 1 saturated heterocycles. The number of piperidine rings is 1. The van der Waals surface area contributed by atoms with Gasteiger partial charge in [0.1, 0.15) is 0 Å². The average molecular weight is 300 g/mol. The zero-order valence-electron chi connectivity index (χ0n) is 11.9. The third-order valence-electron chi connectivity index (χ3n) is 5.13. The summed E-state index contributed by atoms with van der Waals surface area (Å²) in [7, 11) is 0. The Bertz CT molecular complexity index is 372. The first kappa shape index (κ1) is 15.3. The number of thiophene rings is 1. The molecule has 0 N–H and O–H groups in total. The molecule has 1 nitrogen and oxygen atoms in total. The van der Waals surface area contributed by atoms with E-state index in [1.54, 1.807) is 4.88 Å². The van der Waals surface area contributed by atoms with Crippen LogP contribution in [0.25, 0.3) is 0 Å². The van der Waals surface area contributed by atoms with Crippen molar-refractivity contribution in [2.75, 3.05) is 13.1 Å². The largest absolute Gasteiger partial charge is 0.293 e. The fourth-order valence-corrected chi connectivity index (χ4v) is 5.24. The van der Waals surface area contributed by atoms with E-state index in [1.807, 2.05) is 11.3 Å². The maximum absolute atomic E-state index is 2.84. The molecule has 0 bridgehead atoms. The summed E-state index contributed by atoms with van der Waals surface area (Å²) in [6, 6.07) is 4.63. The summed E-state index contributed by atoms with van der Waals surface area (Å²) in [5.41, 5.74) is 0.382. The van der Waals surface area contributed by atoms with Crippen molar-refractivity contribution in [1.29, 1.82) is 0 Å². The van der Waals surface area contributed by atoms with Crippen LogP contribution in [0, 0.1) is 5.92 Å². The molecule has 2 fully saturated rings. The lowest BCUT2D eigenvalue weighted by Gasteiger charge is -2.51. The molecule has 1 aromatic rings. The Morgan fingerprint density at radius 2 is 1.95 bits per heavy atom. The van der Waals surface area contributed by atoms with E-state index in [0.717, 1.165) is 5.92 Å². The van der Waals surface area contributed by atoms with Gasteiger partial charge in [-0.3, -0.25) is 4.90 Å². The molecule has 0 aromatic carbocycles. The molecule has 1 aliphatic carbocycles. The second-order valence-corrected chi connectivity index (χ2v) is 7.04. The SMILES string of the molecule is C[C@@H]1CCCC[C@]1(c1cccs1)N1CCCCC1.Cl. The van der Waals surface area contributed by atoms with E-state index in [0.29, 0.717) is 5.54 Å². The number of halogens is 1. The van der Waals surface area contributed by atoms with Crippen LogP contribution in [-0.2, 0) is 5.54 Å². The fourth-order valence-electron chi connectivity index (χ4n) is 4.14. The molecular weight excluding hydrogens is 274 g/mol. The van der Waals surface area contributed by atoms with Crippen LogP contribution in [0.3, 0.4) is 0 Å². The van der Waals surface area contributed by atoms with Gasteiger partial charge in [-0.15, -0.1) is 23.7 Å². The molecule has 1 saturated carbocycles. The topological polar surface area (TPSA) is 3.24 Å². The summed E-state index contributed by atoms with van der Waals surface area (Å²) in [6.07, 6.45) is 9.88. The van der Waals surface area contributed by atoms with Gasteiger partial charge in [0.15, 0.2) is 0 Å². The molecule has 2 atom stereocenters. The van der Waals surface area contributed by atoms with Crippen LogP contribution in [-0.4, -0.2) is 18.0 Å². The number of rotatable bonds is 2. The van der Waals surface area contributed by atoms with Crippen LogP contribution >= 0.6 is 23.7 Å². The first-order valence-corrected chi connectivity index (χ1v) is 8.51. The molecule has 1 aromatic heterocycles. The highest BCUT2D eigenvalue weighted by atomic mass is 35.5. The van der Waals surface area contributed by atoms with Gasteiger partial charge < -0.3 is 0 Å². The maximum Gasteiger partial charge on any atom is 0.0579 e. The highest BCUT2D eigenvalue weighted by Gasteiger charge is 2.45. The third kappa shape index (κ3) is 2.72. The van der Waals surface area contributed by atoms with Gasteiger partial charge in [0.2, 0.25) is 0 Å². The Morgan fingerprint density at radius 3 is 2.58 bits per heavy atom. The van der Waals surface area contributed by atoms with Crippen LogP contribution in [0.1, 0.15) is 56.7 Å². The minimum atomic E-state index is 0. The minimum absolute atomic E-state index is 0. The van der Waals surface area contributed by atoms with Crippen molar-refractivity contribution < 1.29 is 0 Å². The van der Waals surface area contributed by atoms with Crippen molar-refractivity contribution in [3.63, 3.8) is 0 Å². The Kier molecular flexibility index (Phi) is 5.33. The van der Waals surface area contributed by atoms with Gasteiger partial charge in [-0.05, 0) is 56.1 Å². The van der Waals surface area contributed by atoms with E-state index in [1.165, 1.54) is 58.0 Å². The highest BCUT2D eigenvalue weighted by Crippen LogP contribution is 2.48. The summed E-state index contributed by atoms with van der Waals surface area (Å²) in [6.45, 7) is 5.14. The van der Waals surface area contributed by atoms with Crippen molar-refractivity contribution in [2.24, 2.45) is 5.92 Å². The van der Waals surface area contributed by atoms with Gasteiger partial charge in [0.05, 0.1) is 5.54 Å². The molecule has 3 rings (SSSR count). The summed E-state index contributed by atoms with van der Waals surface area (Å²) in [5, 5.41) is 2.27. The molecule has 0 unspecified atom stereocenters. The Labute approximate surface area is 127 Å². The van der Waals surface area contributed by atoms with Crippen LogP contribution in [0.5, 0.6) is 0 Å². The van der Waals surface area contributed by atoms with E-state index < -0.39 is 0 Å². The monoisotopic (exact) mass is 299 g/mol. The molecule has 108 valence electrons. The molecule has 19 heavy (non-hydrogen) atoms. The molecule has 0 radical (unpaired) electrons. The van der Waals surface area contributed by atoms with Gasteiger partial charge in [-0.2, -0.15) is 0 Å². The molecule has 0 amide bonds. The molecule has 2 heterocycles. The number of hydrogen-bond acceptors (Lipinski definition) is 2. The fraction of sp³-hybridized carbons (Fsp3) is 0.750. The third-order valence-corrected chi connectivity index (χ3v) is 6.17. The van der Waals surface area contributed by atoms with Crippen molar-refractivity contribution >= 4 is 23.7 Å². The van der Waals surface area contributed by atoms with Crippen molar-refractivity contribution in [3.05, 3.63) is 22.4 Å². The van der Waals surface area contributed by atoms with Gasteiger partial charge in [0, 0.05) is 4.88 Å². The normalized spacial score (nSPS) is 32.8. The molecular formula is C16H26ClNS. The standard InChI is InChI=1S/C16H25NS.ClH/c1-14-8-3-4-10-16(14,15-9-7-13-18-15)17-11-5-2-6-12-17;/h7,9,13-14H,2-6,8,10-12H2,1H3;1H/t14-,16+;/m1./s1. The number of nitrogens with zero attached hydrogens (tertiary/aromatic N) is 1. The van der Waals surface area contributed by atoms with Gasteiger partial charge in [-0.1, -0.05) is 32.3 Å². The summed E-state index contributed by atoms with van der Waals surface area (Å²) >= 11 is 1.98. The Hall–Kier alpha value is -0.0500. The highest BCUT2D eigenvalue weighted by molar-refractivity contribution is 7.10. The van der Waals surface area contributed by atoms with Crippen LogP contribution in [0.4, 0.5) is 0 Å². The van der Waals surface area contributed by atoms with Crippen molar-refractivity contribution in [1.82, 2.24) is 4.90 Å². The van der Waals surface area contributed by atoms with Crippen LogP contribution in [0.2, 0.25) is 0 Å². The summed E-state index contributed by atoms with van der Waals surface area (Å²) in [4.78, 5) is 4.48. The molecule has 1 aliphatic heterocycles. The molecule has 3 heteroatoms. The average Bonchev–Trinajstić information content (AvgIpc) is 2.95. The first-order valence-electron chi connectivity index (χ1n) is 7.63. The quantitative estimate of drug-likeness (QED) is 0.737. The zero-order chi connectivity index (χ0) is 12.4. The zero-order valence-corrected chi connectivity index (χ0v) is 13.6. The predicted molar refractivity (Wildman–Crippen MR) is 86.3 cm³/mol. The summed E-state index contributed by atoms with van der Waals surface area (Å²) in [5.74, 6) is 0.822. The van der Waals surface area contributed by atoms with E-state index in [4.69, 9.17) is 0 Å². The Morgan fingerprint density at radius 1 is 1.16 bits per heavy atom. The number of hydrogen-bond donors (Lipinski definition) is 0. The van der Waals surface area contributed by atoms with E-state index >= 15 is 0 Å². The minimum Gasteiger partial charge on any atom is -0.293 e. The van der Waals surface area contributed by atoms with Crippen molar-refractivity contribution in [3.8, 4) is 0 Å². The second-order valence-electron chi connectivity index (χ2n) is 6.10. The lowest BCUT2D eigenvalue weighted by Crippen LogP contribution is -2.53. The molecule has 0 spiro atoms. The van der Waals surface area contributed by atoms with Crippen molar-refractivity contribution in [2.45, 2.75) is 57.4 Å². The van der Waals surface area contributed by atoms with Gasteiger partial charge in [0.25, 0.3) is 0 Å². The lowest BCUT2D eigenvalue weighted by molar-refractivity contribution is -0.00817. The lowest BCUT2D eigenvalue weighted by atomic mass is 9.71. The first-order chi connectivity index (χ1) is 8.84. The maximum atomic E-state index is 2.84. The van der Waals surface area contributed by atoms with Gasteiger partial charge in [-0.25, -0.2) is 0 Å². The van der Waals surface area contributed by atoms with E-state index in [9.17, 15) is 0 Å². The summed E-state index contributed by atoms with van der Waals surface area (Å²) < 4.78 is 0. The Balaban J connectivity index is 0.00000133. The molecule has 2 aliphatic rings. The van der Waals surface area contributed by atoms with Gasteiger partial charge >= 0.3 is 0 Å².